The van der Waals surface area contributed by atoms with Gasteiger partial charge in [0.25, 0.3) is 0 Å². The molecule has 1 fully saturated rings. The number of rotatable bonds is 4. The second-order valence-electron chi connectivity index (χ2n) is 9.24. The highest BCUT2D eigenvalue weighted by molar-refractivity contribution is 6.63. The average Bonchev–Trinajstić information content (AvgIpc) is 2.95. The predicted molar refractivity (Wildman–Crippen MR) is 127 cm³/mol. The van der Waals surface area contributed by atoms with Crippen LogP contribution in [0.1, 0.15) is 49.9 Å². The second-order valence-corrected chi connectivity index (χ2v) is 9.24. The van der Waals surface area contributed by atoms with Crippen LogP contribution >= 0.6 is 0 Å². The summed E-state index contributed by atoms with van der Waals surface area (Å²) in [6.07, 6.45) is 1.99. The first-order valence-corrected chi connectivity index (χ1v) is 10.8. The van der Waals surface area contributed by atoms with E-state index in [1.165, 1.54) is 24.3 Å². The molecule has 0 radical (unpaired) electrons. The Morgan fingerprint density at radius 2 is 1.38 bits per heavy atom. The lowest BCUT2D eigenvalue weighted by Crippen LogP contribution is -2.41. The molecule has 0 spiro atoms. The Bertz CT molecular complexity index is 1150. The summed E-state index contributed by atoms with van der Waals surface area (Å²) < 4.78 is 40.5. The number of hydrogen-bond donors (Lipinski definition) is 0. The Kier molecular flexibility index (Phi) is 5.82. The van der Waals surface area contributed by atoms with Gasteiger partial charge in [-0.05, 0) is 98.2 Å². The van der Waals surface area contributed by atoms with Gasteiger partial charge >= 0.3 is 7.12 Å². The molecule has 0 saturated carbocycles. The quantitative estimate of drug-likeness (QED) is 0.363. The standard InChI is InChI=1S/C27H27BF2O2/c1-18-8-6-7-9-22(18)24(16-19-10-12-20(29)13-11-19)23-15-14-21(30)17-25(23)28-31-26(2,3)27(4,5)32-28/h6-17H,1-5H3/b24-16+. The fraction of sp³-hybridized carbons (Fsp3) is 0.259. The van der Waals surface area contributed by atoms with Crippen LogP contribution in [0, 0.1) is 18.6 Å². The first-order chi connectivity index (χ1) is 15.1. The van der Waals surface area contributed by atoms with Gasteiger partial charge in [0.1, 0.15) is 11.6 Å². The van der Waals surface area contributed by atoms with E-state index in [9.17, 15) is 8.78 Å². The molecule has 5 heteroatoms. The van der Waals surface area contributed by atoms with Crippen molar-refractivity contribution in [3.05, 3.63) is 101 Å². The van der Waals surface area contributed by atoms with Gasteiger partial charge in [0.05, 0.1) is 11.2 Å². The summed E-state index contributed by atoms with van der Waals surface area (Å²) in [5.74, 6) is -0.649. The summed E-state index contributed by atoms with van der Waals surface area (Å²) in [6.45, 7) is 9.93. The van der Waals surface area contributed by atoms with Crippen LogP contribution < -0.4 is 5.46 Å². The molecular formula is C27H27BF2O2. The minimum absolute atomic E-state index is 0.292. The van der Waals surface area contributed by atoms with Crippen molar-refractivity contribution in [1.82, 2.24) is 0 Å². The van der Waals surface area contributed by atoms with E-state index in [-0.39, 0.29) is 11.6 Å². The summed E-state index contributed by atoms with van der Waals surface area (Å²) in [5.41, 5.74) is 4.14. The zero-order valence-corrected chi connectivity index (χ0v) is 19.1. The molecule has 1 aliphatic heterocycles. The molecule has 0 atom stereocenters. The fourth-order valence-corrected chi connectivity index (χ4v) is 3.85. The van der Waals surface area contributed by atoms with E-state index in [0.29, 0.717) is 5.46 Å². The largest absolute Gasteiger partial charge is 0.495 e. The first-order valence-electron chi connectivity index (χ1n) is 10.8. The van der Waals surface area contributed by atoms with E-state index in [2.05, 4.69) is 0 Å². The molecule has 0 aliphatic carbocycles. The Morgan fingerprint density at radius 1 is 0.781 bits per heavy atom. The maximum absolute atomic E-state index is 14.4. The van der Waals surface area contributed by atoms with Crippen molar-refractivity contribution in [1.29, 1.82) is 0 Å². The number of hydrogen-bond acceptors (Lipinski definition) is 2. The lowest BCUT2D eigenvalue weighted by Gasteiger charge is -2.32. The van der Waals surface area contributed by atoms with E-state index < -0.39 is 18.3 Å². The van der Waals surface area contributed by atoms with Crippen LogP contribution in [0.4, 0.5) is 8.78 Å². The maximum atomic E-state index is 14.4. The fourth-order valence-electron chi connectivity index (χ4n) is 3.85. The van der Waals surface area contributed by atoms with Gasteiger partial charge in [0, 0.05) is 0 Å². The molecule has 1 aliphatic rings. The zero-order valence-electron chi connectivity index (χ0n) is 19.1. The topological polar surface area (TPSA) is 18.5 Å². The molecule has 0 aromatic heterocycles. The van der Waals surface area contributed by atoms with Gasteiger partial charge in [-0.2, -0.15) is 0 Å². The zero-order chi connectivity index (χ0) is 23.1. The van der Waals surface area contributed by atoms with Gasteiger partial charge in [-0.3, -0.25) is 0 Å². The third-order valence-electron chi connectivity index (χ3n) is 6.43. The summed E-state index contributed by atoms with van der Waals surface area (Å²) in [5, 5.41) is 0. The van der Waals surface area contributed by atoms with Crippen molar-refractivity contribution in [2.24, 2.45) is 0 Å². The van der Waals surface area contributed by atoms with Crippen LogP contribution in [-0.2, 0) is 9.31 Å². The highest BCUT2D eigenvalue weighted by Gasteiger charge is 2.52. The molecule has 32 heavy (non-hydrogen) atoms. The minimum atomic E-state index is -0.716. The molecule has 3 aromatic rings. The highest BCUT2D eigenvalue weighted by Crippen LogP contribution is 2.38. The van der Waals surface area contributed by atoms with E-state index in [1.807, 2.05) is 65.0 Å². The van der Waals surface area contributed by atoms with Crippen molar-refractivity contribution in [3.8, 4) is 0 Å². The molecule has 0 amide bonds. The number of aryl methyl sites for hydroxylation is 1. The molecule has 164 valence electrons. The van der Waals surface area contributed by atoms with Gasteiger partial charge in [0.15, 0.2) is 0 Å². The molecule has 1 heterocycles. The summed E-state index contributed by atoms with van der Waals surface area (Å²) in [4.78, 5) is 0. The first kappa shape index (κ1) is 22.4. The molecule has 4 rings (SSSR count). The lowest BCUT2D eigenvalue weighted by atomic mass is 9.73. The number of benzene rings is 3. The van der Waals surface area contributed by atoms with Crippen LogP contribution in [0.15, 0.2) is 66.7 Å². The normalized spacial score (nSPS) is 17.6. The van der Waals surface area contributed by atoms with Gasteiger partial charge in [0.2, 0.25) is 0 Å². The SMILES string of the molecule is Cc1ccccc1/C(=C\c1ccc(F)cc1)c1ccc(F)cc1B1OC(C)(C)C(C)(C)O1. The maximum Gasteiger partial charge on any atom is 0.495 e. The van der Waals surface area contributed by atoms with E-state index in [1.54, 1.807) is 18.2 Å². The smallest absolute Gasteiger partial charge is 0.399 e. The van der Waals surface area contributed by atoms with E-state index in [4.69, 9.17) is 9.31 Å². The Labute approximate surface area is 189 Å². The van der Waals surface area contributed by atoms with E-state index in [0.717, 1.165) is 27.8 Å². The summed E-state index contributed by atoms with van der Waals surface area (Å²) in [6, 6.07) is 19.0. The summed E-state index contributed by atoms with van der Waals surface area (Å²) in [7, 11) is -0.716. The van der Waals surface area contributed by atoms with Crippen LogP contribution in [0.2, 0.25) is 0 Å². The molecule has 2 nitrogen and oxygen atoms in total. The molecule has 3 aromatic carbocycles. The molecule has 0 bridgehead atoms. The van der Waals surface area contributed by atoms with Gasteiger partial charge in [-0.1, -0.05) is 42.5 Å². The van der Waals surface area contributed by atoms with Crippen molar-refractivity contribution >= 4 is 24.2 Å². The predicted octanol–water partition coefficient (Wildman–Crippen LogP) is 6.16. The third-order valence-corrected chi connectivity index (χ3v) is 6.43. The lowest BCUT2D eigenvalue weighted by molar-refractivity contribution is 0.00578. The Balaban J connectivity index is 1.91. The number of halogens is 2. The molecular weight excluding hydrogens is 405 g/mol. The molecule has 0 N–H and O–H groups in total. The van der Waals surface area contributed by atoms with Crippen LogP contribution in [0.25, 0.3) is 11.6 Å². The Hall–Kier alpha value is -2.76. The van der Waals surface area contributed by atoms with Crippen molar-refractivity contribution in [3.63, 3.8) is 0 Å². The van der Waals surface area contributed by atoms with Crippen LogP contribution in [-0.4, -0.2) is 18.3 Å². The van der Waals surface area contributed by atoms with E-state index >= 15 is 0 Å². The van der Waals surface area contributed by atoms with Gasteiger partial charge < -0.3 is 9.31 Å². The third kappa shape index (κ3) is 4.28. The Morgan fingerprint density at radius 3 is 2.00 bits per heavy atom. The van der Waals surface area contributed by atoms with Crippen molar-refractivity contribution < 1.29 is 18.1 Å². The minimum Gasteiger partial charge on any atom is -0.399 e. The van der Waals surface area contributed by atoms with Crippen molar-refractivity contribution in [2.45, 2.75) is 45.8 Å². The van der Waals surface area contributed by atoms with Crippen LogP contribution in [0.5, 0.6) is 0 Å². The second kappa shape index (κ2) is 8.30. The van der Waals surface area contributed by atoms with Crippen molar-refractivity contribution in [2.75, 3.05) is 0 Å². The average molecular weight is 432 g/mol. The summed E-state index contributed by atoms with van der Waals surface area (Å²) >= 11 is 0. The molecule has 1 saturated heterocycles. The van der Waals surface area contributed by atoms with Crippen LogP contribution in [0.3, 0.4) is 0 Å². The monoisotopic (exact) mass is 432 g/mol. The highest BCUT2D eigenvalue weighted by atomic mass is 19.1. The van der Waals surface area contributed by atoms with Gasteiger partial charge in [-0.15, -0.1) is 0 Å². The molecule has 0 unspecified atom stereocenters. The van der Waals surface area contributed by atoms with Gasteiger partial charge in [-0.25, -0.2) is 8.78 Å².